The van der Waals surface area contributed by atoms with E-state index in [0.29, 0.717) is 12.1 Å². The molecule has 0 aliphatic rings. The number of carbonyl (C=O) groups excluding carboxylic acids is 1. The molecule has 0 bridgehead atoms. The van der Waals surface area contributed by atoms with E-state index in [1.807, 2.05) is 31.2 Å². The first-order valence-electron chi connectivity index (χ1n) is 9.18. The lowest BCUT2D eigenvalue weighted by Gasteiger charge is -2.14. The zero-order valence-electron chi connectivity index (χ0n) is 16.4. The van der Waals surface area contributed by atoms with Crippen LogP contribution in [0.3, 0.4) is 0 Å². The molecule has 2 aromatic carbocycles. The largest absolute Gasteiger partial charge is 0.496 e. The van der Waals surface area contributed by atoms with E-state index in [1.54, 1.807) is 7.11 Å². The van der Waals surface area contributed by atoms with Crippen LogP contribution in [0.1, 0.15) is 39.8 Å². The summed E-state index contributed by atoms with van der Waals surface area (Å²) in [6.07, 6.45) is 0.798. The smallest absolute Gasteiger partial charge is 0.251 e. The molecule has 0 saturated carbocycles. The van der Waals surface area contributed by atoms with Crippen molar-refractivity contribution < 1.29 is 9.53 Å². The Morgan fingerprint density at radius 2 is 1.74 bits per heavy atom. The van der Waals surface area contributed by atoms with Crippen molar-refractivity contribution in [2.45, 2.75) is 33.7 Å². The summed E-state index contributed by atoms with van der Waals surface area (Å²) in [5.74, 6) is 0.446. The summed E-state index contributed by atoms with van der Waals surface area (Å²) in [7, 11) is 1.68. The number of hydrogen-bond acceptors (Lipinski definition) is 2. The minimum absolute atomic E-state index is 0.392. The number of methoxy groups -OCH3 is 1. The topological polar surface area (TPSA) is 57.2 Å². The van der Waals surface area contributed by atoms with Gasteiger partial charge in [-0.2, -0.15) is 0 Å². The van der Waals surface area contributed by atoms with Gasteiger partial charge < -0.3 is 15.0 Å². The Hall–Kier alpha value is -3.01. The lowest BCUT2D eigenvalue weighted by Crippen LogP contribution is -2.13. The number of nitrogens with two attached hydrogens (primary N) is 1. The summed E-state index contributed by atoms with van der Waals surface area (Å²) >= 11 is 0. The fourth-order valence-electron chi connectivity index (χ4n) is 3.72. The van der Waals surface area contributed by atoms with Crippen LogP contribution in [0.15, 0.2) is 48.5 Å². The highest BCUT2D eigenvalue weighted by Crippen LogP contribution is 2.34. The molecule has 140 valence electrons. The van der Waals surface area contributed by atoms with Crippen LogP contribution in [0.25, 0.3) is 11.1 Å². The van der Waals surface area contributed by atoms with Crippen molar-refractivity contribution in [3.63, 3.8) is 0 Å². The van der Waals surface area contributed by atoms with Gasteiger partial charge in [-0.05, 0) is 31.9 Å². The lowest BCUT2D eigenvalue weighted by atomic mass is 9.98. The molecular formula is C23H26N2O2. The average Bonchev–Trinajstić information content (AvgIpc) is 2.94. The van der Waals surface area contributed by atoms with E-state index in [9.17, 15) is 4.79 Å². The van der Waals surface area contributed by atoms with Crippen LogP contribution in [0, 0.1) is 13.8 Å². The van der Waals surface area contributed by atoms with Crippen molar-refractivity contribution in [1.82, 2.24) is 4.57 Å². The van der Waals surface area contributed by atoms with Crippen molar-refractivity contribution in [1.29, 1.82) is 0 Å². The van der Waals surface area contributed by atoms with Gasteiger partial charge >= 0.3 is 0 Å². The van der Waals surface area contributed by atoms with Crippen molar-refractivity contribution >= 4 is 5.91 Å². The molecule has 0 unspecified atom stereocenters. The molecule has 0 aliphatic heterocycles. The summed E-state index contributed by atoms with van der Waals surface area (Å²) in [6, 6.07) is 16.2. The van der Waals surface area contributed by atoms with E-state index >= 15 is 0 Å². The second kappa shape index (κ2) is 7.70. The first-order chi connectivity index (χ1) is 13.0. The number of aromatic nitrogens is 1. The molecule has 0 saturated heterocycles. The highest BCUT2D eigenvalue weighted by Gasteiger charge is 2.24. The van der Waals surface area contributed by atoms with Gasteiger partial charge in [0.25, 0.3) is 5.91 Å². The molecule has 1 amide bonds. The molecule has 0 atom stereocenters. The summed E-state index contributed by atoms with van der Waals surface area (Å²) in [6.45, 7) is 6.76. The molecule has 0 aliphatic carbocycles. The first kappa shape index (κ1) is 18.8. The standard InChI is InChI=1S/C23H26N2O2/c1-5-19-22(17-12-10-15(2)11-13-17)21(23(24)26)16(3)25(19)14-18-8-6-7-9-20(18)27-4/h6-13H,5,14H2,1-4H3,(H2,24,26). The molecule has 0 radical (unpaired) electrons. The number of rotatable bonds is 6. The van der Waals surface area contributed by atoms with Gasteiger partial charge in [0.2, 0.25) is 0 Å². The predicted molar refractivity (Wildman–Crippen MR) is 109 cm³/mol. The predicted octanol–water partition coefficient (Wildman–Crippen LogP) is 4.49. The maximum Gasteiger partial charge on any atom is 0.251 e. The second-order valence-electron chi connectivity index (χ2n) is 6.76. The van der Waals surface area contributed by atoms with E-state index in [-0.39, 0.29) is 0 Å². The highest BCUT2D eigenvalue weighted by molar-refractivity contribution is 6.02. The van der Waals surface area contributed by atoms with Crippen molar-refractivity contribution in [3.8, 4) is 16.9 Å². The molecule has 27 heavy (non-hydrogen) atoms. The maximum atomic E-state index is 12.3. The van der Waals surface area contributed by atoms with Gasteiger partial charge in [0.1, 0.15) is 5.75 Å². The number of ether oxygens (including phenoxy) is 1. The summed E-state index contributed by atoms with van der Waals surface area (Å²) in [4.78, 5) is 12.3. The molecule has 1 aromatic heterocycles. The van der Waals surface area contributed by atoms with Gasteiger partial charge in [0, 0.05) is 22.5 Å². The molecule has 4 nitrogen and oxygen atoms in total. The minimum atomic E-state index is -0.392. The quantitative estimate of drug-likeness (QED) is 0.702. The lowest BCUT2D eigenvalue weighted by molar-refractivity contribution is 0.1000. The molecule has 0 spiro atoms. The number of benzene rings is 2. The Labute approximate surface area is 160 Å². The summed E-state index contributed by atoms with van der Waals surface area (Å²) in [5.41, 5.74) is 12.6. The number of amides is 1. The fraction of sp³-hybridized carbons (Fsp3) is 0.261. The van der Waals surface area contributed by atoms with Crippen molar-refractivity contribution in [2.75, 3.05) is 7.11 Å². The summed E-state index contributed by atoms with van der Waals surface area (Å²) in [5, 5.41) is 0. The molecule has 0 fully saturated rings. The first-order valence-corrected chi connectivity index (χ1v) is 9.18. The molecule has 4 heteroatoms. The number of para-hydroxylation sites is 1. The molecular weight excluding hydrogens is 336 g/mol. The Kier molecular flexibility index (Phi) is 5.36. The zero-order chi connectivity index (χ0) is 19.6. The molecule has 3 aromatic rings. The van der Waals surface area contributed by atoms with Gasteiger partial charge in [-0.15, -0.1) is 0 Å². The number of carbonyl (C=O) groups is 1. The third-order valence-corrected chi connectivity index (χ3v) is 5.07. The van der Waals surface area contributed by atoms with Crippen LogP contribution in [-0.2, 0) is 13.0 Å². The normalized spacial score (nSPS) is 10.8. The minimum Gasteiger partial charge on any atom is -0.496 e. The van der Waals surface area contributed by atoms with Gasteiger partial charge in [0.05, 0.1) is 19.2 Å². The van der Waals surface area contributed by atoms with Crippen LogP contribution in [0.5, 0.6) is 5.75 Å². The van der Waals surface area contributed by atoms with E-state index < -0.39 is 5.91 Å². The van der Waals surface area contributed by atoms with Crippen LogP contribution in [0.2, 0.25) is 0 Å². The number of aryl methyl sites for hydroxylation is 1. The Balaban J connectivity index is 2.22. The van der Waals surface area contributed by atoms with Crippen LogP contribution >= 0.6 is 0 Å². The van der Waals surface area contributed by atoms with Gasteiger partial charge in [0.15, 0.2) is 0 Å². The Bertz CT molecular complexity index is 969. The Morgan fingerprint density at radius 1 is 1.07 bits per heavy atom. The zero-order valence-corrected chi connectivity index (χ0v) is 16.4. The van der Waals surface area contributed by atoms with Gasteiger partial charge in [-0.1, -0.05) is 55.0 Å². The fourth-order valence-corrected chi connectivity index (χ4v) is 3.72. The monoisotopic (exact) mass is 362 g/mol. The number of primary amides is 1. The van der Waals surface area contributed by atoms with Crippen molar-refractivity contribution in [2.24, 2.45) is 5.73 Å². The molecule has 2 N–H and O–H groups in total. The van der Waals surface area contributed by atoms with Crippen LogP contribution < -0.4 is 10.5 Å². The van der Waals surface area contributed by atoms with Gasteiger partial charge in [-0.3, -0.25) is 4.79 Å². The average molecular weight is 362 g/mol. The third-order valence-electron chi connectivity index (χ3n) is 5.07. The van der Waals surface area contributed by atoms with E-state index in [0.717, 1.165) is 40.2 Å². The van der Waals surface area contributed by atoms with E-state index in [2.05, 4.69) is 42.7 Å². The SMILES string of the molecule is CCc1c(-c2ccc(C)cc2)c(C(N)=O)c(C)n1Cc1ccccc1OC. The second-order valence-corrected chi connectivity index (χ2v) is 6.76. The van der Waals surface area contributed by atoms with E-state index in [1.165, 1.54) is 5.56 Å². The molecule has 3 rings (SSSR count). The van der Waals surface area contributed by atoms with E-state index in [4.69, 9.17) is 10.5 Å². The summed E-state index contributed by atoms with van der Waals surface area (Å²) < 4.78 is 7.70. The van der Waals surface area contributed by atoms with Crippen molar-refractivity contribution in [3.05, 3.63) is 76.6 Å². The third kappa shape index (κ3) is 3.47. The van der Waals surface area contributed by atoms with Crippen LogP contribution in [0.4, 0.5) is 0 Å². The maximum absolute atomic E-state index is 12.3. The number of hydrogen-bond donors (Lipinski definition) is 1. The number of nitrogens with zero attached hydrogens (tertiary/aromatic N) is 1. The Morgan fingerprint density at radius 3 is 2.33 bits per heavy atom. The molecule has 1 heterocycles. The van der Waals surface area contributed by atoms with Crippen LogP contribution in [-0.4, -0.2) is 17.6 Å². The highest BCUT2D eigenvalue weighted by atomic mass is 16.5. The van der Waals surface area contributed by atoms with Gasteiger partial charge in [-0.25, -0.2) is 0 Å².